The van der Waals surface area contributed by atoms with Gasteiger partial charge in [-0.2, -0.15) is 17.5 Å². The van der Waals surface area contributed by atoms with Crippen molar-refractivity contribution < 1.29 is 30.8 Å². The average molecular weight is 536 g/mol. The molecule has 1 aromatic carbocycles. The lowest BCUT2D eigenvalue weighted by Crippen LogP contribution is -2.45. The predicted octanol–water partition coefficient (Wildman–Crippen LogP) is 3.12. The van der Waals surface area contributed by atoms with E-state index >= 15 is 0 Å². The van der Waals surface area contributed by atoms with Gasteiger partial charge in [0.15, 0.2) is 0 Å². The van der Waals surface area contributed by atoms with Crippen molar-refractivity contribution in [2.24, 2.45) is 10.7 Å². The van der Waals surface area contributed by atoms with Gasteiger partial charge in [-0.25, -0.2) is 8.42 Å². The van der Waals surface area contributed by atoms with E-state index in [1.54, 1.807) is 24.3 Å². The number of alkyl halides is 3. The summed E-state index contributed by atoms with van der Waals surface area (Å²) in [6, 6.07) is 10.3. The van der Waals surface area contributed by atoms with Crippen LogP contribution in [0.4, 0.5) is 13.2 Å². The number of aromatic nitrogens is 1. The highest BCUT2D eigenvalue weighted by Gasteiger charge is 2.41. The summed E-state index contributed by atoms with van der Waals surface area (Å²) in [6.07, 6.45) is -1.79. The van der Waals surface area contributed by atoms with Gasteiger partial charge in [-0.05, 0) is 37.1 Å². The zero-order valence-corrected chi connectivity index (χ0v) is 20.5. The third-order valence-electron chi connectivity index (χ3n) is 5.89. The highest BCUT2D eigenvalue weighted by atomic mass is 32.2. The number of halogens is 3. The molecule has 0 aliphatic carbocycles. The van der Waals surface area contributed by atoms with Gasteiger partial charge in [-0.3, -0.25) is 14.8 Å². The van der Waals surface area contributed by atoms with Crippen molar-refractivity contribution in [2.75, 3.05) is 13.6 Å². The molecule has 3 N–H and O–H groups in total. The first kappa shape index (κ1) is 26.4. The van der Waals surface area contributed by atoms with Gasteiger partial charge >= 0.3 is 6.18 Å². The van der Waals surface area contributed by atoms with Crippen LogP contribution in [0.15, 0.2) is 74.9 Å². The van der Waals surface area contributed by atoms with Gasteiger partial charge in [0.2, 0.25) is 11.0 Å². The van der Waals surface area contributed by atoms with E-state index in [4.69, 9.17) is 10.2 Å². The van der Waals surface area contributed by atoms with E-state index in [-0.39, 0.29) is 23.9 Å². The molecule has 0 radical (unpaired) electrons. The summed E-state index contributed by atoms with van der Waals surface area (Å²) < 4.78 is 71.6. The Bertz CT molecular complexity index is 1450. The first-order valence-electron chi connectivity index (χ1n) is 11.3. The topological polar surface area (TPSA) is 131 Å². The Morgan fingerprint density at radius 1 is 1.30 bits per heavy atom. The largest absolute Gasteiger partial charge is 0.443 e. The molecule has 1 fully saturated rings. The van der Waals surface area contributed by atoms with Crippen LogP contribution in [0, 0.1) is 0 Å². The first-order chi connectivity index (χ1) is 17.5. The van der Waals surface area contributed by atoms with E-state index in [0.717, 1.165) is 10.4 Å². The number of pyridine rings is 1. The average Bonchev–Trinajstić information content (AvgIpc) is 3.53. The van der Waals surface area contributed by atoms with E-state index in [0.29, 0.717) is 35.1 Å². The lowest BCUT2D eigenvalue weighted by molar-refractivity contribution is -0.124. The number of amides is 1. The third kappa shape index (κ3) is 5.67. The number of carbonyl (C=O) groups excluding carboxylic acids is 1. The number of sulfonamides is 1. The number of nitrogens with one attached hydrogen (secondary N) is 1. The molecule has 0 spiro atoms. The number of nitrogens with two attached hydrogens (primary N) is 1. The van der Waals surface area contributed by atoms with Crippen LogP contribution in [0.1, 0.15) is 24.1 Å². The Balaban J connectivity index is 1.47. The summed E-state index contributed by atoms with van der Waals surface area (Å²) in [5.41, 5.74) is 4.89. The minimum Gasteiger partial charge on any atom is -0.443 e. The van der Waals surface area contributed by atoms with E-state index in [9.17, 15) is 26.4 Å². The molecule has 0 bridgehead atoms. The molecule has 13 heteroatoms. The molecule has 3 aromatic rings. The molecule has 0 unspecified atom stereocenters. The molecule has 1 amide bonds. The summed E-state index contributed by atoms with van der Waals surface area (Å²) in [7, 11) is -2.73. The molecule has 1 aliphatic heterocycles. The Labute approximate surface area is 210 Å². The Morgan fingerprint density at radius 2 is 2.05 bits per heavy atom. The van der Waals surface area contributed by atoms with Crippen molar-refractivity contribution in [3.8, 4) is 0 Å². The van der Waals surface area contributed by atoms with Gasteiger partial charge in [0.05, 0.1) is 18.0 Å². The summed E-state index contributed by atoms with van der Waals surface area (Å²) in [5.74, 6) is -0.519. The van der Waals surface area contributed by atoms with Crippen LogP contribution in [-0.4, -0.2) is 55.1 Å². The minimum atomic E-state index is -4.70. The fourth-order valence-electron chi connectivity index (χ4n) is 4.03. The van der Waals surface area contributed by atoms with Crippen molar-refractivity contribution >= 4 is 32.6 Å². The molecule has 1 atom stereocenters. The summed E-state index contributed by atoms with van der Waals surface area (Å²) >= 11 is 0. The van der Waals surface area contributed by atoms with Crippen LogP contribution >= 0.6 is 0 Å². The lowest BCUT2D eigenvalue weighted by Gasteiger charge is -2.22. The molecule has 3 heterocycles. The van der Waals surface area contributed by atoms with Gasteiger partial charge in [0, 0.05) is 36.8 Å². The molecule has 4 rings (SSSR count). The summed E-state index contributed by atoms with van der Waals surface area (Å²) in [5, 5.41) is 3.07. The highest BCUT2D eigenvalue weighted by Crippen LogP contribution is 2.30. The van der Waals surface area contributed by atoms with E-state index in [2.05, 4.69) is 15.3 Å². The molecule has 37 heavy (non-hydrogen) atoms. The zero-order chi connectivity index (χ0) is 26.8. The second kappa shape index (κ2) is 10.3. The number of hydrogen-bond donors (Lipinski definition) is 2. The lowest BCUT2D eigenvalue weighted by atomic mass is 10.1. The number of aliphatic imine (C=N–C) groups is 1. The quantitative estimate of drug-likeness (QED) is 0.447. The van der Waals surface area contributed by atoms with E-state index < -0.39 is 33.8 Å². The number of para-hydroxylation sites is 1. The monoisotopic (exact) mass is 535 g/mol. The van der Waals surface area contributed by atoms with E-state index in [1.165, 1.54) is 31.4 Å². The molecule has 1 aliphatic rings. The van der Waals surface area contributed by atoms with Crippen LogP contribution < -0.4 is 11.1 Å². The molecular weight excluding hydrogens is 511 g/mol. The zero-order valence-electron chi connectivity index (χ0n) is 19.7. The van der Waals surface area contributed by atoms with Crippen molar-refractivity contribution in [2.45, 2.75) is 36.7 Å². The highest BCUT2D eigenvalue weighted by molar-refractivity contribution is 7.89. The van der Waals surface area contributed by atoms with Gasteiger partial charge < -0.3 is 15.5 Å². The number of hydrogen-bond acceptors (Lipinski definition) is 7. The second-order valence-electron chi connectivity index (χ2n) is 8.34. The summed E-state index contributed by atoms with van der Waals surface area (Å²) in [6.45, 7) is 0.0889. The van der Waals surface area contributed by atoms with Crippen LogP contribution in [0.3, 0.4) is 0 Å². The van der Waals surface area contributed by atoms with Crippen molar-refractivity contribution in [1.29, 1.82) is 0 Å². The smallest absolute Gasteiger partial charge is 0.430 e. The first-order valence-corrected chi connectivity index (χ1v) is 12.7. The number of carbonyl (C=O) groups is 1. The van der Waals surface area contributed by atoms with Crippen LogP contribution in [0.25, 0.3) is 11.0 Å². The fraction of sp³-hybridized carbons (Fsp3) is 0.292. The maximum Gasteiger partial charge on any atom is 0.430 e. The standard InChI is InChI=1S/C24H24F3N5O4S/c1-29-18(13-21(28)24(25,26)27)15-8-9-30-17(11-15)14-31-23(33)19-6-4-10-32(19)37(34,35)22-12-16-5-2-3-7-20(16)36-22/h2-3,5,7-9,11-13,19H,4,6,10,14,28H2,1H3,(H,31,33)/t19-/m0/s1. The molecule has 196 valence electrons. The number of benzene rings is 1. The van der Waals surface area contributed by atoms with Gasteiger partial charge in [0.1, 0.15) is 17.3 Å². The Hall–Kier alpha value is -3.71. The number of furan rings is 1. The minimum absolute atomic E-state index is 0.0105. The number of allylic oxidation sites excluding steroid dienone is 2. The van der Waals surface area contributed by atoms with Crippen molar-refractivity contribution in [1.82, 2.24) is 14.6 Å². The maximum absolute atomic E-state index is 13.2. The van der Waals surface area contributed by atoms with Gasteiger partial charge in [-0.15, -0.1) is 0 Å². The number of fused-ring (bicyclic) bond motifs is 1. The Morgan fingerprint density at radius 3 is 2.76 bits per heavy atom. The van der Waals surface area contributed by atoms with Crippen molar-refractivity contribution in [3.05, 3.63) is 71.7 Å². The van der Waals surface area contributed by atoms with Crippen LogP contribution in [-0.2, 0) is 21.4 Å². The van der Waals surface area contributed by atoms with Gasteiger partial charge in [0.25, 0.3) is 10.0 Å². The number of nitrogens with zero attached hydrogens (tertiary/aromatic N) is 3. The predicted molar refractivity (Wildman–Crippen MR) is 130 cm³/mol. The fourth-order valence-corrected chi connectivity index (χ4v) is 5.63. The normalized spacial score (nSPS) is 17.9. The van der Waals surface area contributed by atoms with Crippen LogP contribution in [0.5, 0.6) is 0 Å². The maximum atomic E-state index is 13.2. The van der Waals surface area contributed by atoms with Gasteiger partial charge in [-0.1, -0.05) is 18.2 Å². The summed E-state index contributed by atoms with van der Waals surface area (Å²) in [4.78, 5) is 20.9. The molecule has 2 aromatic heterocycles. The van der Waals surface area contributed by atoms with Crippen LogP contribution in [0.2, 0.25) is 0 Å². The van der Waals surface area contributed by atoms with E-state index in [1.807, 2.05) is 0 Å². The molecule has 0 saturated carbocycles. The molecule has 1 saturated heterocycles. The second-order valence-corrected chi connectivity index (χ2v) is 10.2. The Kier molecular flexibility index (Phi) is 7.37. The van der Waals surface area contributed by atoms with Crippen molar-refractivity contribution in [3.63, 3.8) is 0 Å². The number of rotatable bonds is 7. The molecular formula is C24H24F3N5O4S. The molecule has 9 nitrogen and oxygen atoms in total. The SMILES string of the molecule is CN=C(C=C(N)C(F)(F)F)c1ccnc(CNC(=O)[C@@H]2CCCN2S(=O)(=O)c2cc3ccccc3o2)c1. The third-order valence-corrected chi connectivity index (χ3v) is 7.65.